The lowest BCUT2D eigenvalue weighted by Gasteiger charge is -2.12. The molecule has 0 aromatic carbocycles. The van der Waals surface area contributed by atoms with E-state index in [-0.39, 0.29) is 6.23 Å². The van der Waals surface area contributed by atoms with E-state index in [1.165, 1.54) is 0 Å². The molecule has 0 aromatic rings. The minimum Gasteiger partial charge on any atom is -0.455 e. The number of rotatable bonds is 1. The maximum absolute atomic E-state index is 5.26. The monoisotopic (exact) mass is 128 g/mol. The fourth-order valence-electron chi connectivity index (χ4n) is 0.676. The van der Waals surface area contributed by atoms with E-state index in [1.807, 2.05) is 6.92 Å². The van der Waals surface area contributed by atoms with Crippen molar-refractivity contribution in [2.75, 3.05) is 0 Å². The van der Waals surface area contributed by atoms with Crippen molar-refractivity contribution < 1.29 is 4.74 Å². The second-order valence-corrected chi connectivity index (χ2v) is 2.54. The minimum absolute atomic E-state index is 0.0880. The lowest BCUT2D eigenvalue weighted by molar-refractivity contribution is 0.134. The third-order valence-corrected chi connectivity index (χ3v) is 1.25. The molecule has 3 heteroatoms. The Morgan fingerprint density at radius 3 is 2.56 bits per heavy atom. The summed E-state index contributed by atoms with van der Waals surface area (Å²) in [6.45, 7) is 6.02. The first-order valence-electron chi connectivity index (χ1n) is 3.16. The first-order valence-corrected chi connectivity index (χ1v) is 3.16. The number of nitrogens with zero attached hydrogens (tertiary/aromatic N) is 1. The first kappa shape index (κ1) is 6.39. The lowest BCUT2D eigenvalue weighted by Crippen LogP contribution is -2.27. The van der Waals surface area contributed by atoms with Crippen LogP contribution in [0.3, 0.4) is 0 Å². The van der Waals surface area contributed by atoms with Gasteiger partial charge >= 0.3 is 0 Å². The van der Waals surface area contributed by atoms with E-state index in [4.69, 9.17) is 4.74 Å². The zero-order valence-electron chi connectivity index (χ0n) is 6.01. The van der Waals surface area contributed by atoms with Gasteiger partial charge in [0.05, 0.1) is 0 Å². The van der Waals surface area contributed by atoms with E-state index >= 15 is 0 Å². The summed E-state index contributed by atoms with van der Waals surface area (Å²) in [6.07, 6.45) is 0.0880. The van der Waals surface area contributed by atoms with Gasteiger partial charge < -0.3 is 4.74 Å². The summed E-state index contributed by atoms with van der Waals surface area (Å²) < 4.78 is 5.26. The Bertz CT molecular complexity index is 131. The van der Waals surface area contributed by atoms with Crippen LogP contribution in [0.1, 0.15) is 20.8 Å². The van der Waals surface area contributed by atoms with Crippen molar-refractivity contribution in [1.29, 1.82) is 0 Å². The van der Waals surface area contributed by atoms with Crippen molar-refractivity contribution in [2.24, 2.45) is 11.0 Å². The highest BCUT2D eigenvalue weighted by Gasteiger charge is 2.18. The number of hydrogen-bond donors (Lipinski definition) is 1. The van der Waals surface area contributed by atoms with Gasteiger partial charge in [0, 0.05) is 12.8 Å². The molecule has 1 heterocycles. The number of nitrogens with one attached hydrogen (secondary N) is 1. The normalized spacial score (nSPS) is 25.3. The molecular formula is C6H12N2O. The molecule has 1 unspecified atom stereocenters. The van der Waals surface area contributed by atoms with Gasteiger partial charge in [0.2, 0.25) is 5.90 Å². The highest BCUT2D eigenvalue weighted by atomic mass is 16.5. The minimum atomic E-state index is 0.0880. The third-order valence-electron chi connectivity index (χ3n) is 1.25. The van der Waals surface area contributed by atoms with Gasteiger partial charge in [-0.2, -0.15) is 0 Å². The van der Waals surface area contributed by atoms with Gasteiger partial charge in [-0.05, 0) is 0 Å². The van der Waals surface area contributed by atoms with Gasteiger partial charge in [-0.15, -0.1) is 5.10 Å². The van der Waals surface area contributed by atoms with Gasteiger partial charge in [-0.1, -0.05) is 13.8 Å². The second kappa shape index (κ2) is 2.25. The number of hydrogen-bond acceptors (Lipinski definition) is 3. The molecule has 0 spiro atoms. The predicted molar refractivity (Wildman–Crippen MR) is 36.0 cm³/mol. The van der Waals surface area contributed by atoms with Crippen LogP contribution >= 0.6 is 0 Å². The standard InChI is InChI=1S/C6H12N2O/c1-4(2)6-8-7-5(3)9-6/h4,6,8H,1-3H3. The van der Waals surface area contributed by atoms with E-state index < -0.39 is 0 Å². The van der Waals surface area contributed by atoms with Crippen molar-refractivity contribution in [1.82, 2.24) is 5.43 Å². The molecular weight excluding hydrogens is 116 g/mol. The molecule has 9 heavy (non-hydrogen) atoms. The SMILES string of the molecule is CC1=NNC(C(C)C)O1. The van der Waals surface area contributed by atoms with Crippen molar-refractivity contribution >= 4 is 5.90 Å². The molecule has 1 rings (SSSR count). The molecule has 0 saturated carbocycles. The number of ether oxygens (including phenoxy) is 1. The van der Waals surface area contributed by atoms with Crippen LogP contribution in [-0.2, 0) is 4.74 Å². The quantitative estimate of drug-likeness (QED) is 0.569. The van der Waals surface area contributed by atoms with Gasteiger partial charge in [-0.3, -0.25) is 5.43 Å². The average molecular weight is 128 g/mol. The molecule has 0 radical (unpaired) electrons. The third kappa shape index (κ3) is 1.34. The predicted octanol–water partition coefficient (Wildman–Crippen LogP) is 0.922. The summed E-state index contributed by atoms with van der Waals surface area (Å²) >= 11 is 0. The zero-order chi connectivity index (χ0) is 6.85. The second-order valence-electron chi connectivity index (χ2n) is 2.54. The summed E-state index contributed by atoms with van der Waals surface area (Å²) in [7, 11) is 0. The topological polar surface area (TPSA) is 33.6 Å². The maximum atomic E-state index is 5.26. The molecule has 0 fully saturated rings. The van der Waals surface area contributed by atoms with E-state index in [1.54, 1.807) is 0 Å². The molecule has 52 valence electrons. The van der Waals surface area contributed by atoms with Crippen LogP contribution in [0.5, 0.6) is 0 Å². The van der Waals surface area contributed by atoms with Gasteiger partial charge in [0.1, 0.15) is 0 Å². The van der Waals surface area contributed by atoms with E-state index in [0.717, 1.165) is 5.90 Å². The Balaban J connectivity index is 2.37. The number of hydrazone groups is 1. The largest absolute Gasteiger partial charge is 0.455 e. The van der Waals surface area contributed by atoms with Crippen molar-refractivity contribution in [3.05, 3.63) is 0 Å². The van der Waals surface area contributed by atoms with Crippen LogP contribution in [0.2, 0.25) is 0 Å². The fraction of sp³-hybridized carbons (Fsp3) is 0.833. The van der Waals surface area contributed by atoms with E-state index in [9.17, 15) is 0 Å². The molecule has 0 aromatic heterocycles. The van der Waals surface area contributed by atoms with Crippen molar-refractivity contribution in [2.45, 2.75) is 27.0 Å². The smallest absolute Gasteiger partial charge is 0.204 e. The molecule has 1 aliphatic heterocycles. The molecule has 1 atom stereocenters. The van der Waals surface area contributed by atoms with E-state index in [2.05, 4.69) is 24.4 Å². The molecule has 1 N–H and O–H groups in total. The fourth-order valence-corrected chi connectivity index (χ4v) is 0.676. The molecule has 0 aliphatic carbocycles. The summed E-state index contributed by atoms with van der Waals surface area (Å²) in [4.78, 5) is 0. The highest BCUT2D eigenvalue weighted by Crippen LogP contribution is 2.07. The molecule has 3 nitrogen and oxygen atoms in total. The van der Waals surface area contributed by atoms with Gasteiger partial charge in [0.15, 0.2) is 6.23 Å². The Morgan fingerprint density at radius 1 is 1.67 bits per heavy atom. The highest BCUT2D eigenvalue weighted by molar-refractivity contribution is 5.74. The molecule has 0 saturated heterocycles. The average Bonchev–Trinajstić information content (AvgIpc) is 2.14. The first-order chi connectivity index (χ1) is 4.20. The molecule has 0 amide bonds. The maximum Gasteiger partial charge on any atom is 0.204 e. The zero-order valence-corrected chi connectivity index (χ0v) is 6.01. The van der Waals surface area contributed by atoms with Crippen LogP contribution in [0.25, 0.3) is 0 Å². The van der Waals surface area contributed by atoms with Crippen LogP contribution in [0, 0.1) is 5.92 Å². The molecule has 1 aliphatic rings. The van der Waals surface area contributed by atoms with Crippen molar-refractivity contribution in [3.8, 4) is 0 Å². The van der Waals surface area contributed by atoms with Crippen LogP contribution in [0.4, 0.5) is 0 Å². The summed E-state index contributed by atoms with van der Waals surface area (Å²) in [6, 6.07) is 0. The lowest BCUT2D eigenvalue weighted by atomic mass is 10.2. The summed E-state index contributed by atoms with van der Waals surface area (Å²) in [5.41, 5.74) is 2.87. The van der Waals surface area contributed by atoms with Gasteiger partial charge in [0.25, 0.3) is 0 Å². The van der Waals surface area contributed by atoms with Crippen LogP contribution < -0.4 is 5.43 Å². The van der Waals surface area contributed by atoms with Crippen LogP contribution in [0.15, 0.2) is 5.10 Å². The Kier molecular flexibility index (Phi) is 1.60. The van der Waals surface area contributed by atoms with Crippen molar-refractivity contribution in [3.63, 3.8) is 0 Å². The Hall–Kier alpha value is -0.730. The molecule has 0 bridgehead atoms. The summed E-state index contributed by atoms with van der Waals surface area (Å²) in [5.74, 6) is 1.21. The van der Waals surface area contributed by atoms with Crippen LogP contribution in [-0.4, -0.2) is 12.1 Å². The van der Waals surface area contributed by atoms with E-state index in [0.29, 0.717) is 5.92 Å². The van der Waals surface area contributed by atoms with Gasteiger partial charge in [-0.25, -0.2) is 0 Å². The Labute approximate surface area is 55.1 Å². The Morgan fingerprint density at radius 2 is 2.33 bits per heavy atom. The summed E-state index contributed by atoms with van der Waals surface area (Å²) in [5, 5.41) is 3.88.